The second-order valence-corrected chi connectivity index (χ2v) is 5.32. The van der Waals surface area contributed by atoms with E-state index in [1.807, 2.05) is 30.3 Å². The SMILES string of the molecule is O=C(CCN1CCOC1=O)Nc1ccc(Nc2ccccc2)nc1. The van der Waals surface area contributed by atoms with E-state index in [1.165, 1.54) is 4.90 Å². The van der Waals surface area contributed by atoms with Crippen molar-refractivity contribution >= 4 is 29.2 Å². The van der Waals surface area contributed by atoms with Crippen LogP contribution in [-0.4, -0.2) is 41.6 Å². The summed E-state index contributed by atoms with van der Waals surface area (Å²) in [6, 6.07) is 13.3. The standard InChI is InChI=1S/C17H18N4O3/c22-16(8-9-21-10-11-24-17(21)23)20-14-6-7-15(18-12-14)19-13-4-2-1-3-5-13/h1-7,12H,8-11H2,(H,18,19)(H,20,22). The maximum Gasteiger partial charge on any atom is 0.409 e. The van der Waals surface area contributed by atoms with Crippen molar-refractivity contribution in [3.05, 3.63) is 48.7 Å². The topological polar surface area (TPSA) is 83.6 Å². The summed E-state index contributed by atoms with van der Waals surface area (Å²) < 4.78 is 4.82. The molecule has 2 amide bonds. The number of aromatic nitrogens is 1. The molecular formula is C17H18N4O3. The van der Waals surface area contributed by atoms with E-state index in [4.69, 9.17) is 4.74 Å². The summed E-state index contributed by atoms with van der Waals surface area (Å²) in [5.74, 6) is 0.527. The minimum absolute atomic E-state index is 0.166. The molecule has 2 N–H and O–H groups in total. The van der Waals surface area contributed by atoms with Gasteiger partial charge in [0.15, 0.2) is 0 Å². The number of anilines is 3. The van der Waals surface area contributed by atoms with Crippen molar-refractivity contribution in [1.29, 1.82) is 0 Å². The second-order valence-electron chi connectivity index (χ2n) is 5.32. The van der Waals surface area contributed by atoms with Crippen LogP contribution in [0.1, 0.15) is 6.42 Å². The van der Waals surface area contributed by atoms with Crippen molar-refractivity contribution in [1.82, 2.24) is 9.88 Å². The number of nitrogens with one attached hydrogen (secondary N) is 2. The van der Waals surface area contributed by atoms with Crippen LogP contribution in [0.3, 0.4) is 0 Å². The molecule has 2 aromatic rings. The molecule has 24 heavy (non-hydrogen) atoms. The van der Waals surface area contributed by atoms with Crippen LogP contribution >= 0.6 is 0 Å². The maximum atomic E-state index is 11.9. The molecule has 1 aromatic heterocycles. The summed E-state index contributed by atoms with van der Waals surface area (Å²) in [5.41, 5.74) is 1.56. The third kappa shape index (κ3) is 4.22. The van der Waals surface area contributed by atoms with E-state index in [2.05, 4.69) is 15.6 Å². The Bertz CT molecular complexity index is 704. The van der Waals surface area contributed by atoms with Crippen LogP contribution in [0, 0.1) is 0 Å². The van der Waals surface area contributed by atoms with E-state index in [9.17, 15) is 9.59 Å². The van der Waals surface area contributed by atoms with Crippen molar-refractivity contribution in [3.8, 4) is 0 Å². The number of cyclic esters (lactones) is 1. The highest BCUT2D eigenvalue weighted by molar-refractivity contribution is 5.91. The third-order valence-electron chi connectivity index (χ3n) is 3.55. The van der Waals surface area contributed by atoms with Crippen LogP contribution in [0.25, 0.3) is 0 Å². The first-order valence-corrected chi connectivity index (χ1v) is 7.70. The molecule has 3 rings (SSSR count). The molecular weight excluding hydrogens is 308 g/mol. The van der Waals surface area contributed by atoms with Crippen LogP contribution in [0.5, 0.6) is 0 Å². The molecule has 0 saturated carbocycles. The quantitative estimate of drug-likeness (QED) is 0.852. The summed E-state index contributed by atoms with van der Waals surface area (Å²) in [5, 5.41) is 5.93. The van der Waals surface area contributed by atoms with E-state index < -0.39 is 0 Å². The van der Waals surface area contributed by atoms with Gasteiger partial charge in [-0.3, -0.25) is 4.79 Å². The first-order valence-electron chi connectivity index (χ1n) is 7.70. The fourth-order valence-electron chi connectivity index (χ4n) is 2.30. The fourth-order valence-corrected chi connectivity index (χ4v) is 2.30. The van der Waals surface area contributed by atoms with E-state index in [0.29, 0.717) is 31.2 Å². The number of ether oxygens (including phenoxy) is 1. The van der Waals surface area contributed by atoms with E-state index >= 15 is 0 Å². The minimum atomic E-state index is -0.360. The van der Waals surface area contributed by atoms with Gasteiger partial charge in [-0.25, -0.2) is 9.78 Å². The number of amides is 2. The van der Waals surface area contributed by atoms with Crippen LogP contribution in [0.2, 0.25) is 0 Å². The highest BCUT2D eigenvalue weighted by Gasteiger charge is 2.22. The first-order chi connectivity index (χ1) is 11.7. The molecule has 0 unspecified atom stereocenters. The zero-order valence-electron chi connectivity index (χ0n) is 13.1. The Morgan fingerprint density at radius 2 is 2.00 bits per heavy atom. The number of carbonyl (C=O) groups excluding carboxylic acids is 2. The first kappa shape index (κ1) is 15.8. The average molecular weight is 326 g/mol. The van der Waals surface area contributed by atoms with Gasteiger partial charge in [0, 0.05) is 18.7 Å². The van der Waals surface area contributed by atoms with Gasteiger partial charge < -0.3 is 20.3 Å². The molecule has 1 saturated heterocycles. The lowest BCUT2D eigenvalue weighted by Gasteiger charge is -2.12. The molecule has 1 aromatic carbocycles. The molecule has 1 fully saturated rings. The highest BCUT2D eigenvalue weighted by atomic mass is 16.6. The van der Waals surface area contributed by atoms with E-state index in [0.717, 1.165) is 5.69 Å². The lowest BCUT2D eigenvalue weighted by molar-refractivity contribution is -0.116. The van der Waals surface area contributed by atoms with Crippen LogP contribution in [0.15, 0.2) is 48.7 Å². The Kier molecular flexibility index (Phi) is 4.90. The van der Waals surface area contributed by atoms with Gasteiger partial charge in [0.2, 0.25) is 5.91 Å². The molecule has 1 aliphatic heterocycles. The Labute approximate surface area is 139 Å². The zero-order valence-corrected chi connectivity index (χ0v) is 13.1. The predicted molar refractivity (Wildman–Crippen MR) is 90.1 cm³/mol. The van der Waals surface area contributed by atoms with Crippen molar-refractivity contribution in [2.24, 2.45) is 0 Å². The van der Waals surface area contributed by atoms with Crippen LogP contribution in [0.4, 0.5) is 22.0 Å². The third-order valence-corrected chi connectivity index (χ3v) is 3.55. The summed E-state index contributed by atoms with van der Waals surface area (Å²) in [4.78, 5) is 29.0. The Morgan fingerprint density at radius 1 is 1.17 bits per heavy atom. The molecule has 0 radical (unpaired) electrons. The highest BCUT2D eigenvalue weighted by Crippen LogP contribution is 2.15. The second kappa shape index (κ2) is 7.45. The Hall–Kier alpha value is -3.09. The minimum Gasteiger partial charge on any atom is -0.448 e. The van der Waals surface area contributed by atoms with Crippen molar-refractivity contribution in [2.75, 3.05) is 30.3 Å². The molecule has 0 aliphatic carbocycles. The number of nitrogens with zero attached hydrogens (tertiary/aromatic N) is 2. The molecule has 1 aliphatic rings. The van der Waals surface area contributed by atoms with Gasteiger partial charge in [-0.15, -0.1) is 0 Å². The van der Waals surface area contributed by atoms with Crippen LogP contribution < -0.4 is 10.6 Å². The smallest absolute Gasteiger partial charge is 0.409 e. The van der Waals surface area contributed by atoms with E-state index in [1.54, 1.807) is 18.3 Å². The zero-order chi connectivity index (χ0) is 16.8. The molecule has 0 spiro atoms. The number of hydrogen-bond donors (Lipinski definition) is 2. The van der Waals surface area contributed by atoms with Gasteiger partial charge in [-0.05, 0) is 24.3 Å². The van der Waals surface area contributed by atoms with Gasteiger partial charge in [-0.2, -0.15) is 0 Å². The summed E-state index contributed by atoms with van der Waals surface area (Å²) in [7, 11) is 0. The van der Waals surface area contributed by atoms with Crippen molar-refractivity contribution in [2.45, 2.75) is 6.42 Å². The van der Waals surface area contributed by atoms with Gasteiger partial charge in [-0.1, -0.05) is 18.2 Å². The fraction of sp³-hybridized carbons (Fsp3) is 0.235. The Balaban J connectivity index is 1.48. The number of benzene rings is 1. The molecule has 0 bridgehead atoms. The average Bonchev–Trinajstić information content (AvgIpc) is 3.01. The van der Waals surface area contributed by atoms with Crippen molar-refractivity contribution in [3.63, 3.8) is 0 Å². The number of hydrogen-bond acceptors (Lipinski definition) is 5. The molecule has 7 nitrogen and oxygen atoms in total. The maximum absolute atomic E-state index is 11.9. The Morgan fingerprint density at radius 3 is 2.67 bits per heavy atom. The summed E-state index contributed by atoms with van der Waals surface area (Å²) in [6.07, 6.45) is 1.45. The molecule has 0 atom stereocenters. The summed E-state index contributed by atoms with van der Waals surface area (Å²) >= 11 is 0. The van der Waals surface area contributed by atoms with Gasteiger partial charge in [0.25, 0.3) is 0 Å². The van der Waals surface area contributed by atoms with Crippen LogP contribution in [-0.2, 0) is 9.53 Å². The molecule has 124 valence electrons. The lowest BCUT2D eigenvalue weighted by Crippen LogP contribution is -2.28. The molecule has 2 heterocycles. The predicted octanol–water partition coefficient (Wildman–Crippen LogP) is 2.61. The monoisotopic (exact) mass is 326 g/mol. The number of para-hydroxylation sites is 1. The van der Waals surface area contributed by atoms with Gasteiger partial charge in [0.1, 0.15) is 12.4 Å². The van der Waals surface area contributed by atoms with Gasteiger partial charge >= 0.3 is 6.09 Å². The van der Waals surface area contributed by atoms with Crippen molar-refractivity contribution < 1.29 is 14.3 Å². The normalized spacial score (nSPS) is 13.5. The molecule has 7 heteroatoms. The number of carbonyl (C=O) groups is 2. The van der Waals surface area contributed by atoms with E-state index in [-0.39, 0.29) is 18.4 Å². The summed E-state index contributed by atoms with van der Waals surface area (Å²) in [6.45, 7) is 1.28. The number of rotatable bonds is 6. The van der Waals surface area contributed by atoms with Gasteiger partial charge in [0.05, 0.1) is 18.4 Å². The largest absolute Gasteiger partial charge is 0.448 e. The lowest BCUT2D eigenvalue weighted by atomic mass is 10.3. The number of pyridine rings is 1.